The average molecular weight is 318 g/mol. The summed E-state index contributed by atoms with van der Waals surface area (Å²) < 4.78 is 1.27. The Morgan fingerprint density at radius 1 is 1.47 bits per heavy atom. The van der Waals surface area contributed by atoms with Gasteiger partial charge < -0.3 is 10.2 Å². The van der Waals surface area contributed by atoms with Gasteiger partial charge in [0.05, 0.1) is 4.34 Å². The van der Waals surface area contributed by atoms with Crippen LogP contribution in [0.5, 0.6) is 0 Å². The van der Waals surface area contributed by atoms with Crippen LogP contribution in [-0.2, 0) is 0 Å². The average Bonchev–Trinajstić information content (AvgIpc) is 2.96. The van der Waals surface area contributed by atoms with Gasteiger partial charge in [-0.05, 0) is 13.0 Å². The summed E-state index contributed by atoms with van der Waals surface area (Å²) >= 11 is 13.4. The molecule has 5 nitrogen and oxygen atoms in total. The third kappa shape index (κ3) is 2.72. The number of nitrogens with one attached hydrogen (secondary N) is 2. The van der Waals surface area contributed by atoms with E-state index >= 15 is 0 Å². The van der Waals surface area contributed by atoms with Gasteiger partial charge in [-0.3, -0.25) is 5.10 Å². The molecule has 0 radical (unpaired) electrons. The zero-order valence-electron chi connectivity index (χ0n) is 10.3. The van der Waals surface area contributed by atoms with Gasteiger partial charge in [-0.25, -0.2) is 0 Å². The highest BCUT2D eigenvalue weighted by Crippen LogP contribution is 2.36. The number of hydrogen-bond acceptors (Lipinski definition) is 5. The summed E-state index contributed by atoms with van der Waals surface area (Å²) in [5, 5.41) is 10.6. The minimum absolute atomic E-state index is 0.440. The zero-order valence-corrected chi connectivity index (χ0v) is 12.6. The molecule has 1 fully saturated rings. The maximum Gasteiger partial charge on any atom is 0.245 e. The van der Waals surface area contributed by atoms with Crippen LogP contribution in [0.15, 0.2) is 6.07 Å². The number of aromatic nitrogens is 3. The van der Waals surface area contributed by atoms with Crippen molar-refractivity contribution >= 4 is 40.5 Å². The van der Waals surface area contributed by atoms with Crippen molar-refractivity contribution in [2.45, 2.75) is 13.0 Å². The van der Waals surface area contributed by atoms with Crippen LogP contribution in [0.1, 0.15) is 6.92 Å². The molecular formula is C11H13Cl2N5S. The summed E-state index contributed by atoms with van der Waals surface area (Å²) in [6.45, 7) is 4.89. The molecule has 0 aliphatic carbocycles. The summed E-state index contributed by atoms with van der Waals surface area (Å²) in [6.07, 6.45) is 0. The van der Waals surface area contributed by atoms with Gasteiger partial charge in [0.2, 0.25) is 5.95 Å². The number of halogens is 2. The van der Waals surface area contributed by atoms with Crippen LogP contribution < -0.4 is 10.2 Å². The normalized spacial score (nSPS) is 19.9. The first kappa shape index (κ1) is 13.2. The summed E-state index contributed by atoms with van der Waals surface area (Å²) in [5.74, 6) is 1.37. The van der Waals surface area contributed by atoms with Crippen molar-refractivity contribution in [2.75, 3.05) is 24.5 Å². The highest BCUT2D eigenvalue weighted by Gasteiger charge is 2.20. The van der Waals surface area contributed by atoms with Crippen molar-refractivity contribution in [3.63, 3.8) is 0 Å². The molecule has 3 rings (SSSR count). The second kappa shape index (κ2) is 5.28. The fourth-order valence-corrected chi connectivity index (χ4v) is 3.60. The molecule has 1 atom stereocenters. The molecule has 0 bridgehead atoms. The molecule has 2 aromatic rings. The zero-order chi connectivity index (χ0) is 13.4. The largest absolute Gasteiger partial charge is 0.337 e. The lowest BCUT2D eigenvalue weighted by atomic mass is 10.2. The Labute approximate surface area is 124 Å². The first-order chi connectivity index (χ1) is 9.13. The number of H-pyrrole nitrogens is 1. The van der Waals surface area contributed by atoms with Crippen molar-refractivity contribution in [3.05, 3.63) is 14.7 Å². The Kier molecular flexibility index (Phi) is 3.66. The molecule has 2 aromatic heterocycles. The molecule has 0 amide bonds. The van der Waals surface area contributed by atoms with Gasteiger partial charge in [-0.1, -0.05) is 23.2 Å². The minimum Gasteiger partial charge on any atom is -0.337 e. The molecule has 0 spiro atoms. The third-order valence-electron chi connectivity index (χ3n) is 3.04. The quantitative estimate of drug-likeness (QED) is 0.894. The van der Waals surface area contributed by atoms with E-state index in [1.807, 2.05) is 0 Å². The first-order valence-corrected chi connectivity index (χ1v) is 7.56. The molecule has 0 unspecified atom stereocenters. The van der Waals surface area contributed by atoms with Crippen LogP contribution in [0.3, 0.4) is 0 Å². The van der Waals surface area contributed by atoms with Crippen LogP contribution in [0, 0.1) is 0 Å². The van der Waals surface area contributed by atoms with E-state index in [1.165, 1.54) is 11.3 Å². The number of rotatable bonds is 2. The predicted molar refractivity (Wildman–Crippen MR) is 79.4 cm³/mol. The SMILES string of the molecule is C[C@H]1CN(c2n[nH]c(-c3cc(Cl)sc3Cl)n2)CCN1. The van der Waals surface area contributed by atoms with Crippen LogP contribution in [0.2, 0.25) is 8.67 Å². The molecule has 102 valence electrons. The van der Waals surface area contributed by atoms with Crippen molar-refractivity contribution < 1.29 is 0 Å². The van der Waals surface area contributed by atoms with Crippen molar-refractivity contribution in [3.8, 4) is 11.4 Å². The smallest absolute Gasteiger partial charge is 0.245 e. The van der Waals surface area contributed by atoms with Gasteiger partial charge in [-0.15, -0.1) is 16.4 Å². The number of nitrogens with zero attached hydrogens (tertiary/aromatic N) is 3. The molecule has 3 heterocycles. The van der Waals surface area contributed by atoms with Gasteiger partial charge in [0.15, 0.2) is 5.82 Å². The van der Waals surface area contributed by atoms with E-state index in [1.54, 1.807) is 6.07 Å². The lowest BCUT2D eigenvalue weighted by Crippen LogP contribution is -2.49. The van der Waals surface area contributed by atoms with E-state index < -0.39 is 0 Å². The molecule has 2 N–H and O–H groups in total. The Morgan fingerprint density at radius 3 is 3.00 bits per heavy atom. The molecule has 1 aliphatic heterocycles. The third-order valence-corrected chi connectivity index (χ3v) is 4.52. The highest BCUT2D eigenvalue weighted by molar-refractivity contribution is 7.20. The maximum atomic E-state index is 6.12. The first-order valence-electron chi connectivity index (χ1n) is 5.99. The highest BCUT2D eigenvalue weighted by atomic mass is 35.5. The molecule has 1 aliphatic rings. The molecule has 1 saturated heterocycles. The second-order valence-electron chi connectivity index (χ2n) is 4.52. The summed E-state index contributed by atoms with van der Waals surface area (Å²) in [6, 6.07) is 2.24. The van der Waals surface area contributed by atoms with E-state index in [9.17, 15) is 0 Å². The van der Waals surface area contributed by atoms with Gasteiger partial charge in [-0.2, -0.15) is 4.98 Å². The molecule has 0 aromatic carbocycles. The Balaban J connectivity index is 1.85. The number of piperazine rings is 1. The van der Waals surface area contributed by atoms with Gasteiger partial charge in [0.1, 0.15) is 4.34 Å². The monoisotopic (exact) mass is 317 g/mol. The summed E-state index contributed by atoms with van der Waals surface area (Å²) in [4.78, 5) is 6.66. The van der Waals surface area contributed by atoms with E-state index in [-0.39, 0.29) is 0 Å². The lowest BCUT2D eigenvalue weighted by molar-refractivity contribution is 0.480. The Bertz CT molecular complexity index is 581. The molecule has 19 heavy (non-hydrogen) atoms. The Morgan fingerprint density at radius 2 is 2.32 bits per heavy atom. The van der Waals surface area contributed by atoms with E-state index in [4.69, 9.17) is 23.2 Å². The standard InChI is InChI=1S/C11H13Cl2N5S/c1-6-5-18(3-2-14-6)11-15-10(16-17-11)7-4-8(12)19-9(7)13/h4,6,14H,2-3,5H2,1H3,(H,15,16,17)/t6-/m0/s1. The number of aromatic amines is 1. The lowest BCUT2D eigenvalue weighted by Gasteiger charge is -2.30. The van der Waals surface area contributed by atoms with Crippen molar-refractivity contribution in [1.82, 2.24) is 20.5 Å². The summed E-state index contributed by atoms with van der Waals surface area (Å²) in [5.41, 5.74) is 0.804. The van der Waals surface area contributed by atoms with Gasteiger partial charge in [0.25, 0.3) is 0 Å². The molecule has 8 heteroatoms. The van der Waals surface area contributed by atoms with Crippen LogP contribution in [0.4, 0.5) is 5.95 Å². The Hall–Kier alpha value is -0.820. The second-order valence-corrected chi connectivity index (χ2v) is 6.81. The fraction of sp³-hybridized carbons (Fsp3) is 0.455. The van der Waals surface area contributed by atoms with Crippen LogP contribution in [0.25, 0.3) is 11.4 Å². The topological polar surface area (TPSA) is 56.8 Å². The number of hydrogen-bond donors (Lipinski definition) is 2. The van der Waals surface area contributed by atoms with Gasteiger partial charge in [0, 0.05) is 31.2 Å². The maximum absolute atomic E-state index is 6.12. The number of anilines is 1. The van der Waals surface area contributed by atoms with E-state index in [0.717, 1.165) is 25.2 Å². The van der Waals surface area contributed by atoms with E-state index in [0.29, 0.717) is 26.5 Å². The van der Waals surface area contributed by atoms with Gasteiger partial charge >= 0.3 is 0 Å². The molecule has 0 saturated carbocycles. The van der Waals surface area contributed by atoms with Crippen LogP contribution >= 0.6 is 34.5 Å². The van der Waals surface area contributed by atoms with E-state index in [2.05, 4.69) is 32.3 Å². The fourth-order valence-electron chi connectivity index (χ4n) is 2.13. The minimum atomic E-state index is 0.440. The molecular weight excluding hydrogens is 305 g/mol. The van der Waals surface area contributed by atoms with Crippen molar-refractivity contribution in [1.29, 1.82) is 0 Å². The number of thiophene rings is 1. The predicted octanol–water partition coefficient (Wildman–Crippen LogP) is 2.64. The van der Waals surface area contributed by atoms with Crippen molar-refractivity contribution in [2.24, 2.45) is 0 Å². The summed E-state index contributed by atoms with van der Waals surface area (Å²) in [7, 11) is 0. The van der Waals surface area contributed by atoms with Crippen LogP contribution in [-0.4, -0.2) is 40.9 Å².